The van der Waals surface area contributed by atoms with E-state index >= 15 is 0 Å². The van der Waals surface area contributed by atoms with Crippen molar-refractivity contribution in [1.82, 2.24) is 14.6 Å². The van der Waals surface area contributed by atoms with E-state index < -0.39 is 10.0 Å². The lowest BCUT2D eigenvalue weighted by Crippen LogP contribution is -2.27. The van der Waals surface area contributed by atoms with Gasteiger partial charge < -0.3 is 9.88 Å². The van der Waals surface area contributed by atoms with Crippen LogP contribution in [0.4, 0.5) is 0 Å². The number of hydrogen-bond acceptors (Lipinski definition) is 3. The number of nitrogens with one attached hydrogen (secondary N) is 2. The van der Waals surface area contributed by atoms with Crippen molar-refractivity contribution in [3.63, 3.8) is 0 Å². The van der Waals surface area contributed by atoms with E-state index in [2.05, 4.69) is 10.0 Å². The summed E-state index contributed by atoms with van der Waals surface area (Å²) in [6, 6.07) is 1.74. The highest BCUT2D eigenvalue weighted by Gasteiger charge is 2.17. The minimum absolute atomic E-state index is 0.296. The van der Waals surface area contributed by atoms with Gasteiger partial charge in [-0.3, -0.25) is 0 Å². The van der Waals surface area contributed by atoms with E-state index in [-0.39, 0.29) is 0 Å². The lowest BCUT2D eigenvalue weighted by atomic mass is 10.2. The van der Waals surface area contributed by atoms with Crippen LogP contribution in [0.25, 0.3) is 0 Å². The minimum Gasteiger partial charge on any atom is -0.349 e. The first kappa shape index (κ1) is 16.2. The molecule has 1 aromatic rings. The summed E-state index contributed by atoms with van der Waals surface area (Å²) in [5.74, 6) is 0.296. The number of aromatic nitrogens is 1. The fourth-order valence-electron chi connectivity index (χ4n) is 1.73. The van der Waals surface area contributed by atoms with Gasteiger partial charge in [0.1, 0.15) is 0 Å². The Morgan fingerprint density at radius 2 is 2.00 bits per heavy atom. The summed E-state index contributed by atoms with van der Waals surface area (Å²) in [6.07, 6.45) is 1.70. The molecule has 1 rings (SSSR count). The number of nitrogens with zero attached hydrogens (tertiary/aromatic N) is 1. The maximum absolute atomic E-state index is 12.1. The first-order chi connectivity index (χ1) is 8.90. The van der Waals surface area contributed by atoms with Gasteiger partial charge in [0, 0.05) is 31.5 Å². The molecule has 0 aliphatic carbocycles. The first-order valence-electron chi connectivity index (χ1n) is 6.80. The van der Waals surface area contributed by atoms with Crippen LogP contribution in [0, 0.1) is 5.92 Å². The molecule has 1 heterocycles. The van der Waals surface area contributed by atoms with Crippen LogP contribution in [-0.2, 0) is 23.1 Å². The smallest absolute Gasteiger partial charge is 0.242 e. The number of hydrogen-bond donors (Lipinski definition) is 2. The Morgan fingerprint density at radius 3 is 2.53 bits per heavy atom. The van der Waals surface area contributed by atoms with Gasteiger partial charge in [-0.25, -0.2) is 13.1 Å². The summed E-state index contributed by atoms with van der Waals surface area (Å²) in [5.41, 5.74) is 0.995. The van der Waals surface area contributed by atoms with Gasteiger partial charge in [0.05, 0.1) is 4.90 Å². The van der Waals surface area contributed by atoms with Crippen LogP contribution in [-0.4, -0.2) is 26.1 Å². The molecule has 6 heteroatoms. The molecule has 0 amide bonds. The van der Waals surface area contributed by atoms with Crippen molar-refractivity contribution in [3.8, 4) is 0 Å². The highest BCUT2D eigenvalue weighted by Crippen LogP contribution is 2.14. The predicted molar refractivity (Wildman–Crippen MR) is 77.5 cm³/mol. The van der Waals surface area contributed by atoms with Gasteiger partial charge in [-0.15, -0.1) is 0 Å². The molecule has 19 heavy (non-hydrogen) atoms. The van der Waals surface area contributed by atoms with Crippen molar-refractivity contribution < 1.29 is 8.42 Å². The van der Waals surface area contributed by atoms with Crippen LogP contribution in [0.2, 0.25) is 0 Å². The predicted octanol–water partition coefficient (Wildman–Crippen LogP) is 1.55. The van der Waals surface area contributed by atoms with E-state index in [1.807, 2.05) is 32.3 Å². The van der Waals surface area contributed by atoms with Crippen molar-refractivity contribution in [3.05, 3.63) is 18.0 Å². The van der Waals surface area contributed by atoms with E-state index in [1.54, 1.807) is 12.3 Å². The SMILES string of the molecule is CCNCc1cc(S(=O)(=O)NCC(C)C)cn1CC. The molecule has 0 fully saturated rings. The molecule has 0 atom stereocenters. The average molecular weight is 287 g/mol. The molecular weight excluding hydrogens is 262 g/mol. The fraction of sp³-hybridized carbons (Fsp3) is 0.692. The Balaban J connectivity index is 2.91. The number of rotatable bonds is 8. The van der Waals surface area contributed by atoms with Crippen LogP contribution >= 0.6 is 0 Å². The van der Waals surface area contributed by atoms with E-state index in [4.69, 9.17) is 0 Å². The van der Waals surface area contributed by atoms with Gasteiger partial charge in [0.25, 0.3) is 0 Å². The Labute approximate surface area is 116 Å². The Hall–Kier alpha value is -0.850. The number of aryl methyl sites for hydroxylation is 1. The molecule has 0 radical (unpaired) electrons. The van der Waals surface area contributed by atoms with E-state index in [1.165, 1.54) is 0 Å². The van der Waals surface area contributed by atoms with Crippen LogP contribution < -0.4 is 10.0 Å². The molecule has 0 aliphatic rings. The summed E-state index contributed by atoms with van der Waals surface area (Å²) < 4.78 is 28.9. The van der Waals surface area contributed by atoms with Crippen LogP contribution in [0.15, 0.2) is 17.2 Å². The fourth-order valence-corrected chi connectivity index (χ4v) is 3.00. The third-order valence-electron chi connectivity index (χ3n) is 2.85. The van der Waals surface area contributed by atoms with E-state index in [0.29, 0.717) is 23.9 Å². The van der Waals surface area contributed by atoms with Gasteiger partial charge in [0.15, 0.2) is 0 Å². The summed E-state index contributed by atoms with van der Waals surface area (Å²) in [7, 11) is -3.39. The largest absolute Gasteiger partial charge is 0.349 e. The molecule has 2 N–H and O–H groups in total. The summed E-state index contributed by atoms with van der Waals surface area (Å²) in [4.78, 5) is 0.350. The Bertz CT molecular complexity index is 492. The highest BCUT2D eigenvalue weighted by molar-refractivity contribution is 7.89. The van der Waals surface area contributed by atoms with Crippen molar-refractivity contribution in [2.75, 3.05) is 13.1 Å². The van der Waals surface area contributed by atoms with Gasteiger partial charge >= 0.3 is 0 Å². The second kappa shape index (κ2) is 7.07. The van der Waals surface area contributed by atoms with Crippen molar-refractivity contribution in [1.29, 1.82) is 0 Å². The summed E-state index contributed by atoms with van der Waals surface area (Å²) in [5, 5.41) is 3.22. The van der Waals surface area contributed by atoms with Gasteiger partial charge in [-0.2, -0.15) is 0 Å². The highest BCUT2D eigenvalue weighted by atomic mass is 32.2. The quantitative estimate of drug-likeness (QED) is 0.762. The van der Waals surface area contributed by atoms with Gasteiger partial charge in [-0.05, 0) is 25.5 Å². The third-order valence-corrected chi connectivity index (χ3v) is 4.24. The molecule has 5 nitrogen and oxygen atoms in total. The van der Waals surface area contributed by atoms with Crippen molar-refractivity contribution in [2.24, 2.45) is 5.92 Å². The topological polar surface area (TPSA) is 63.1 Å². The molecule has 0 saturated carbocycles. The van der Waals surface area contributed by atoms with Crippen molar-refractivity contribution in [2.45, 2.75) is 45.7 Å². The first-order valence-corrected chi connectivity index (χ1v) is 8.28. The zero-order valence-electron chi connectivity index (χ0n) is 12.2. The molecule has 0 bridgehead atoms. The summed E-state index contributed by atoms with van der Waals surface area (Å²) in [6.45, 7) is 10.8. The van der Waals surface area contributed by atoms with E-state index in [0.717, 1.165) is 18.8 Å². The molecule has 0 saturated heterocycles. The molecule has 1 aromatic heterocycles. The zero-order valence-corrected chi connectivity index (χ0v) is 13.0. The second-order valence-corrected chi connectivity index (χ2v) is 6.75. The standard InChI is InChI=1S/C13H25N3O2S/c1-5-14-9-12-7-13(10-16(12)6-2)19(17,18)15-8-11(3)4/h7,10-11,14-15H,5-6,8-9H2,1-4H3. The maximum atomic E-state index is 12.1. The lowest BCUT2D eigenvalue weighted by Gasteiger charge is -2.06. The van der Waals surface area contributed by atoms with Crippen molar-refractivity contribution >= 4 is 10.0 Å². The normalized spacial score (nSPS) is 12.3. The molecule has 110 valence electrons. The zero-order chi connectivity index (χ0) is 14.5. The Kier molecular flexibility index (Phi) is 6.03. The second-order valence-electron chi connectivity index (χ2n) is 4.98. The van der Waals surface area contributed by atoms with Gasteiger partial charge in [-0.1, -0.05) is 20.8 Å². The molecule has 0 spiro atoms. The van der Waals surface area contributed by atoms with Crippen LogP contribution in [0.3, 0.4) is 0 Å². The molecular formula is C13H25N3O2S. The maximum Gasteiger partial charge on any atom is 0.242 e. The third kappa shape index (κ3) is 4.63. The molecule has 0 aliphatic heterocycles. The molecule has 0 unspecified atom stereocenters. The molecule has 0 aromatic carbocycles. The lowest BCUT2D eigenvalue weighted by molar-refractivity contribution is 0.560. The monoisotopic (exact) mass is 287 g/mol. The van der Waals surface area contributed by atoms with E-state index in [9.17, 15) is 8.42 Å². The van der Waals surface area contributed by atoms with Gasteiger partial charge in [0.2, 0.25) is 10.0 Å². The van der Waals surface area contributed by atoms with Crippen LogP contribution in [0.1, 0.15) is 33.4 Å². The Morgan fingerprint density at radius 1 is 1.32 bits per heavy atom. The number of sulfonamides is 1. The minimum atomic E-state index is -3.39. The van der Waals surface area contributed by atoms with Crippen LogP contribution in [0.5, 0.6) is 0 Å². The average Bonchev–Trinajstić information content (AvgIpc) is 2.78. The summed E-state index contributed by atoms with van der Waals surface area (Å²) >= 11 is 0.